The third kappa shape index (κ3) is 3.55. The Morgan fingerprint density at radius 3 is 2.33 bits per heavy atom. The van der Waals surface area contributed by atoms with Gasteiger partial charge < -0.3 is 5.73 Å². The fourth-order valence-electron chi connectivity index (χ4n) is 2.66. The van der Waals surface area contributed by atoms with Crippen molar-refractivity contribution in [2.45, 2.75) is 53.1 Å². The summed E-state index contributed by atoms with van der Waals surface area (Å²) in [6.45, 7) is 9.36. The summed E-state index contributed by atoms with van der Waals surface area (Å²) < 4.78 is 3.24. The summed E-state index contributed by atoms with van der Waals surface area (Å²) in [6, 6.07) is 6.54. The lowest BCUT2D eigenvalue weighted by Crippen LogP contribution is -2.16. The molecule has 2 aromatic rings. The van der Waals surface area contributed by atoms with Crippen molar-refractivity contribution >= 4 is 15.9 Å². The van der Waals surface area contributed by atoms with Crippen LogP contribution in [0.5, 0.6) is 0 Å². The fraction of sp³-hybridized carbons (Fsp3) is 0.471. The Morgan fingerprint density at radius 2 is 1.81 bits per heavy atom. The average molecular weight is 350 g/mol. The molecule has 2 rings (SSSR count). The zero-order valence-corrected chi connectivity index (χ0v) is 14.9. The molecule has 21 heavy (non-hydrogen) atoms. The first-order valence-electron chi connectivity index (χ1n) is 7.54. The molecule has 0 bridgehead atoms. The van der Waals surface area contributed by atoms with Gasteiger partial charge in [-0.3, -0.25) is 4.68 Å². The maximum Gasteiger partial charge on any atom is 0.0624 e. The topological polar surface area (TPSA) is 43.8 Å². The Kier molecular flexibility index (Phi) is 5.22. The van der Waals surface area contributed by atoms with Crippen LogP contribution in [0.3, 0.4) is 0 Å². The molecule has 0 aliphatic rings. The first-order valence-corrected chi connectivity index (χ1v) is 8.33. The van der Waals surface area contributed by atoms with Gasteiger partial charge in [-0.1, -0.05) is 35.0 Å². The molecule has 0 amide bonds. The molecule has 0 saturated carbocycles. The van der Waals surface area contributed by atoms with Crippen LogP contribution in [-0.2, 0) is 19.4 Å². The highest BCUT2D eigenvalue weighted by Gasteiger charge is 2.14. The number of hydrogen-bond donors (Lipinski definition) is 1. The van der Waals surface area contributed by atoms with Crippen molar-refractivity contribution < 1.29 is 0 Å². The lowest BCUT2D eigenvalue weighted by atomic mass is 9.98. The average Bonchev–Trinajstić information content (AvgIpc) is 2.86. The van der Waals surface area contributed by atoms with E-state index in [9.17, 15) is 0 Å². The first kappa shape index (κ1) is 16.2. The van der Waals surface area contributed by atoms with E-state index >= 15 is 0 Å². The third-order valence-electron chi connectivity index (χ3n) is 3.89. The minimum atomic E-state index is 0.00204. The standard InChI is InChI=1S/C17H24BrN3/c1-5-14-9-15(21(6-2)20-14)10-16(19)13-7-11(3)17(18)12(4)8-13/h7-9,16H,5-6,10,19H2,1-4H3. The molecule has 1 heterocycles. The van der Waals surface area contributed by atoms with Crippen LogP contribution >= 0.6 is 15.9 Å². The predicted molar refractivity (Wildman–Crippen MR) is 91.5 cm³/mol. The Bertz CT molecular complexity index is 608. The van der Waals surface area contributed by atoms with Crippen LogP contribution in [0, 0.1) is 13.8 Å². The molecule has 1 aromatic heterocycles. The summed E-state index contributed by atoms with van der Waals surface area (Å²) in [4.78, 5) is 0. The van der Waals surface area contributed by atoms with Gasteiger partial charge in [0.15, 0.2) is 0 Å². The maximum absolute atomic E-state index is 6.43. The highest BCUT2D eigenvalue weighted by atomic mass is 79.9. The number of benzene rings is 1. The molecule has 1 atom stereocenters. The fourth-order valence-corrected chi connectivity index (χ4v) is 2.89. The van der Waals surface area contributed by atoms with Gasteiger partial charge in [0.1, 0.15) is 0 Å². The first-order chi connectivity index (χ1) is 9.96. The molecule has 0 radical (unpaired) electrons. The SMILES string of the molecule is CCc1cc(CC(N)c2cc(C)c(Br)c(C)c2)n(CC)n1. The molecule has 2 N–H and O–H groups in total. The van der Waals surface area contributed by atoms with Crippen molar-refractivity contribution in [3.8, 4) is 0 Å². The lowest BCUT2D eigenvalue weighted by Gasteiger charge is -2.15. The zero-order chi connectivity index (χ0) is 15.6. The summed E-state index contributed by atoms with van der Waals surface area (Å²) in [5.74, 6) is 0. The summed E-state index contributed by atoms with van der Waals surface area (Å²) in [7, 11) is 0. The second-order valence-electron chi connectivity index (χ2n) is 5.58. The van der Waals surface area contributed by atoms with E-state index in [0.29, 0.717) is 0 Å². The van der Waals surface area contributed by atoms with Crippen LogP contribution in [0.25, 0.3) is 0 Å². The Hall–Kier alpha value is -1.13. The van der Waals surface area contributed by atoms with E-state index in [1.807, 2.05) is 0 Å². The third-order valence-corrected chi connectivity index (χ3v) is 5.14. The number of nitrogens with two attached hydrogens (primary N) is 1. The second kappa shape index (κ2) is 6.75. The minimum Gasteiger partial charge on any atom is -0.324 e. The van der Waals surface area contributed by atoms with Crippen LogP contribution in [0.1, 0.15) is 48.0 Å². The van der Waals surface area contributed by atoms with Gasteiger partial charge in [0.2, 0.25) is 0 Å². The molecule has 0 fully saturated rings. The quantitative estimate of drug-likeness (QED) is 0.883. The van der Waals surface area contributed by atoms with Crippen molar-refractivity contribution in [2.75, 3.05) is 0 Å². The summed E-state index contributed by atoms with van der Waals surface area (Å²) >= 11 is 3.61. The number of hydrogen-bond acceptors (Lipinski definition) is 2. The molecule has 1 unspecified atom stereocenters. The Morgan fingerprint density at radius 1 is 1.19 bits per heavy atom. The predicted octanol–water partition coefficient (Wildman–Crippen LogP) is 4.09. The van der Waals surface area contributed by atoms with Crippen LogP contribution < -0.4 is 5.73 Å². The largest absolute Gasteiger partial charge is 0.324 e. The lowest BCUT2D eigenvalue weighted by molar-refractivity contribution is 0.585. The molecule has 114 valence electrons. The van der Waals surface area contributed by atoms with Gasteiger partial charge in [0.25, 0.3) is 0 Å². The number of nitrogens with zero attached hydrogens (tertiary/aromatic N) is 2. The molecule has 3 nitrogen and oxygen atoms in total. The molecule has 0 aliphatic carbocycles. The molecule has 1 aromatic carbocycles. The number of aryl methyl sites for hydroxylation is 4. The monoisotopic (exact) mass is 349 g/mol. The normalized spacial score (nSPS) is 12.7. The molecule has 0 saturated heterocycles. The van der Waals surface area contributed by atoms with Gasteiger partial charge in [-0.05, 0) is 49.9 Å². The zero-order valence-electron chi connectivity index (χ0n) is 13.3. The maximum atomic E-state index is 6.43. The van der Waals surface area contributed by atoms with Crippen LogP contribution in [-0.4, -0.2) is 9.78 Å². The highest BCUT2D eigenvalue weighted by molar-refractivity contribution is 9.10. The number of aromatic nitrogens is 2. The molecule has 4 heteroatoms. The minimum absolute atomic E-state index is 0.00204. The van der Waals surface area contributed by atoms with Gasteiger partial charge >= 0.3 is 0 Å². The Balaban J connectivity index is 2.25. The van der Waals surface area contributed by atoms with Crippen molar-refractivity contribution in [3.05, 3.63) is 50.8 Å². The Labute approximate surface area is 135 Å². The summed E-state index contributed by atoms with van der Waals surface area (Å²) in [5.41, 5.74) is 12.5. The van der Waals surface area contributed by atoms with E-state index in [1.54, 1.807) is 0 Å². The van der Waals surface area contributed by atoms with E-state index < -0.39 is 0 Å². The van der Waals surface area contributed by atoms with E-state index in [0.717, 1.165) is 25.1 Å². The van der Waals surface area contributed by atoms with Crippen molar-refractivity contribution in [1.29, 1.82) is 0 Å². The van der Waals surface area contributed by atoms with E-state index in [1.165, 1.54) is 26.9 Å². The van der Waals surface area contributed by atoms with Crippen LogP contribution in [0.4, 0.5) is 0 Å². The van der Waals surface area contributed by atoms with Crippen molar-refractivity contribution in [2.24, 2.45) is 5.73 Å². The molecular weight excluding hydrogens is 326 g/mol. The highest BCUT2D eigenvalue weighted by Crippen LogP contribution is 2.26. The second-order valence-corrected chi connectivity index (χ2v) is 6.37. The summed E-state index contributed by atoms with van der Waals surface area (Å²) in [6.07, 6.45) is 1.78. The number of halogens is 1. The van der Waals surface area contributed by atoms with E-state index in [-0.39, 0.29) is 6.04 Å². The van der Waals surface area contributed by atoms with Gasteiger partial charge in [-0.15, -0.1) is 0 Å². The molecular formula is C17H24BrN3. The van der Waals surface area contributed by atoms with Crippen molar-refractivity contribution in [1.82, 2.24) is 9.78 Å². The van der Waals surface area contributed by atoms with Gasteiger partial charge in [-0.2, -0.15) is 5.10 Å². The summed E-state index contributed by atoms with van der Waals surface area (Å²) in [5, 5.41) is 4.60. The number of rotatable bonds is 5. The van der Waals surface area contributed by atoms with E-state index in [4.69, 9.17) is 5.73 Å². The molecule has 0 spiro atoms. The van der Waals surface area contributed by atoms with Gasteiger partial charge in [0, 0.05) is 29.2 Å². The van der Waals surface area contributed by atoms with Crippen LogP contribution in [0.2, 0.25) is 0 Å². The van der Waals surface area contributed by atoms with E-state index in [2.05, 4.69) is 71.6 Å². The van der Waals surface area contributed by atoms with Crippen LogP contribution in [0.15, 0.2) is 22.7 Å². The van der Waals surface area contributed by atoms with Gasteiger partial charge in [0.05, 0.1) is 5.69 Å². The van der Waals surface area contributed by atoms with Gasteiger partial charge in [-0.25, -0.2) is 0 Å². The van der Waals surface area contributed by atoms with Crippen molar-refractivity contribution in [3.63, 3.8) is 0 Å². The smallest absolute Gasteiger partial charge is 0.0624 e. The molecule has 0 aliphatic heterocycles.